The summed E-state index contributed by atoms with van der Waals surface area (Å²) in [5, 5.41) is 54.9. The van der Waals surface area contributed by atoms with E-state index in [1.165, 1.54) is 45.3 Å². The fourth-order valence-corrected chi connectivity index (χ4v) is 8.93. The number of hydrogen-bond acceptors (Lipinski definition) is 14. The Hall–Kier alpha value is -7.59. The second-order valence-electron chi connectivity index (χ2n) is 19.7. The lowest BCUT2D eigenvalue weighted by Gasteiger charge is -2.43. The number of fused-ring (bicyclic) bond motifs is 2. The zero-order chi connectivity index (χ0) is 56.0. The normalized spacial score (nSPS) is 24.3. The van der Waals surface area contributed by atoms with Crippen LogP contribution >= 0.6 is 0 Å². The fourth-order valence-electron chi connectivity index (χ4n) is 8.93. The molecule has 0 radical (unpaired) electrons. The number of piperidine rings is 1. The van der Waals surface area contributed by atoms with Crippen molar-refractivity contribution in [2.24, 2.45) is 11.8 Å². The Morgan fingerprint density at radius 1 is 0.776 bits per heavy atom. The van der Waals surface area contributed by atoms with E-state index in [0.717, 1.165) is 9.80 Å². The number of carboxylic acid groups (broad SMARTS) is 1. The van der Waals surface area contributed by atoms with E-state index < -0.39 is 139 Å². The molecular formula is C54H71N7O15. The molecule has 412 valence electrons. The molecule has 9 N–H and O–H groups in total. The number of cyclic esters (lactones) is 1. The van der Waals surface area contributed by atoms with Gasteiger partial charge in [-0.1, -0.05) is 88.7 Å². The highest BCUT2D eigenvalue weighted by Crippen LogP contribution is 2.26. The Balaban J connectivity index is 1.65. The molecule has 0 spiro atoms. The number of likely N-dealkylation sites (N-methyl/N-ethyl adjacent to an activating group) is 1. The maximum atomic E-state index is 15.2. The van der Waals surface area contributed by atoms with Gasteiger partial charge in [0.2, 0.25) is 41.4 Å². The van der Waals surface area contributed by atoms with Gasteiger partial charge < -0.3 is 66.3 Å². The first-order valence-electron chi connectivity index (χ1n) is 25.4. The maximum absolute atomic E-state index is 15.2. The Kier molecular flexibility index (Phi) is 21.3. The Morgan fingerprint density at radius 3 is 1.97 bits per heavy atom. The molecule has 0 aromatic heterocycles. The molecule has 11 atom stereocenters. The first kappa shape index (κ1) is 59.3. The summed E-state index contributed by atoms with van der Waals surface area (Å²) >= 11 is 0. The van der Waals surface area contributed by atoms with Crippen molar-refractivity contribution in [2.45, 2.75) is 147 Å². The number of methoxy groups -OCH3 is 1. The van der Waals surface area contributed by atoms with Crippen LogP contribution in [0.2, 0.25) is 0 Å². The van der Waals surface area contributed by atoms with E-state index in [4.69, 9.17) is 9.47 Å². The van der Waals surface area contributed by atoms with Crippen LogP contribution < -0.4 is 31.3 Å². The SMILES string of the molecule is CCC(C)[C@H](O)C(=O)N[C@@H](CCC(=O)O)C(=O)N[C@@H]1C(=O)N[C@@H](Cc2ccccc2)C(=O)NC2CC[C@@H](O)N(C2=O)[C@@H](Cc2ccc(OC)cc2)C(=O)N(C)[C@@H](Cc2ccc(O)cc2)C(=O)N[C@@H](C(C)C)C(=O)O[C@@H]1C. The zero-order valence-corrected chi connectivity index (χ0v) is 43.8. The average molecular weight is 1060 g/mol. The smallest absolute Gasteiger partial charge is 0.329 e. The van der Waals surface area contributed by atoms with Gasteiger partial charge in [0.1, 0.15) is 72.2 Å². The maximum Gasteiger partial charge on any atom is 0.329 e. The minimum absolute atomic E-state index is 0.0795. The number of phenols is 1. The van der Waals surface area contributed by atoms with E-state index in [-0.39, 0.29) is 37.9 Å². The lowest BCUT2D eigenvalue weighted by atomic mass is 9.95. The van der Waals surface area contributed by atoms with Gasteiger partial charge in [-0.05, 0) is 79.0 Å². The minimum Gasteiger partial charge on any atom is -0.508 e. The molecule has 3 aromatic carbocycles. The number of ether oxygens (including phenoxy) is 2. The summed E-state index contributed by atoms with van der Waals surface area (Å²) in [6.45, 7) is 7.73. The minimum atomic E-state index is -1.90. The molecule has 0 saturated carbocycles. The van der Waals surface area contributed by atoms with Crippen LogP contribution in [0, 0.1) is 11.8 Å². The number of rotatable bonds is 17. The van der Waals surface area contributed by atoms with E-state index in [9.17, 15) is 58.8 Å². The quantitative estimate of drug-likeness (QED) is 0.0848. The topological polar surface area (TPSA) is 320 Å². The third kappa shape index (κ3) is 15.7. The summed E-state index contributed by atoms with van der Waals surface area (Å²) in [6, 6.07) is 9.98. The Morgan fingerprint density at radius 2 is 1.38 bits per heavy atom. The van der Waals surface area contributed by atoms with Crippen LogP contribution in [0.3, 0.4) is 0 Å². The number of nitrogens with zero attached hydrogens (tertiary/aromatic N) is 2. The highest BCUT2D eigenvalue weighted by molar-refractivity contribution is 5.98. The van der Waals surface area contributed by atoms with Gasteiger partial charge in [0.25, 0.3) is 0 Å². The second-order valence-corrected chi connectivity index (χ2v) is 19.7. The van der Waals surface area contributed by atoms with Crippen molar-refractivity contribution in [2.75, 3.05) is 14.2 Å². The van der Waals surface area contributed by atoms with Crippen molar-refractivity contribution in [3.8, 4) is 11.5 Å². The average Bonchev–Trinajstić information content (AvgIpc) is 3.39. The highest BCUT2D eigenvalue weighted by Gasteiger charge is 2.46. The molecule has 2 aliphatic rings. The largest absolute Gasteiger partial charge is 0.508 e. The predicted molar refractivity (Wildman–Crippen MR) is 273 cm³/mol. The molecule has 2 saturated heterocycles. The summed E-state index contributed by atoms with van der Waals surface area (Å²) in [7, 11) is 2.80. The van der Waals surface area contributed by atoms with Crippen LogP contribution in [0.25, 0.3) is 0 Å². The molecule has 5 rings (SSSR count). The molecule has 2 aliphatic heterocycles. The summed E-state index contributed by atoms with van der Waals surface area (Å²) in [5.74, 6) is -9.97. The van der Waals surface area contributed by atoms with Gasteiger partial charge in [-0.15, -0.1) is 0 Å². The molecule has 3 aromatic rings. The number of aromatic hydroxyl groups is 1. The van der Waals surface area contributed by atoms with Crippen LogP contribution in [-0.2, 0) is 67.2 Å². The van der Waals surface area contributed by atoms with E-state index >= 15 is 4.79 Å². The van der Waals surface area contributed by atoms with Gasteiger partial charge in [-0.25, -0.2) is 4.79 Å². The molecule has 7 amide bonds. The van der Waals surface area contributed by atoms with Crippen LogP contribution in [0.15, 0.2) is 78.9 Å². The summed E-state index contributed by atoms with van der Waals surface area (Å²) in [6.07, 6.45) is -6.40. The molecule has 22 heteroatoms. The third-order valence-corrected chi connectivity index (χ3v) is 13.8. The molecule has 76 heavy (non-hydrogen) atoms. The number of benzene rings is 3. The number of aliphatic carboxylic acids is 1. The summed E-state index contributed by atoms with van der Waals surface area (Å²) in [4.78, 5) is 130. The molecule has 2 unspecified atom stereocenters. The van der Waals surface area contributed by atoms with E-state index in [1.807, 2.05) is 0 Å². The number of esters is 1. The number of aliphatic hydroxyl groups excluding tert-OH is 2. The summed E-state index contributed by atoms with van der Waals surface area (Å²) < 4.78 is 11.2. The first-order valence-corrected chi connectivity index (χ1v) is 25.4. The molecular weight excluding hydrogens is 987 g/mol. The fraction of sp³-hybridized carbons (Fsp3) is 0.500. The number of aliphatic hydroxyl groups is 2. The van der Waals surface area contributed by atoms with Gasteiger partial charge in [0, 0.05) is 32.7 Å². The van der Waals surface area contributed by atoms with E-state index in [2.05, 4.69) is 26.6 Å². The second kappa shape index (κ2) is 27.3. The number of carboxylic acids is 1. The highest BCUT2D eigenvalue weighted by atomic mass is 16.5. The van der Waals surface area contributed by atoms with Crippen LogP contribution in [0.4, 0.5) is 0 Å². The van der Waals surface area contributed by atoms with Crippen molar-refractivity contribution in [3.63, 3.8) is 0 Å². The predicted octanol–water partition coefficient (Wildman–Crippen LogP) is 0.862. The molecule has 0 aliphatic carbocycles. The van der Waals surface area contributed by atoms with Gasteiger partial charge in [-0.2, -0.15) is 0 Å². The van der Waals surface area contributed by atoms with Crippen LogP contribution in [0.5, 0.6) is 11.5 Å². The van der Waals surface area contributed by atoms with Gasteiger partial charge >= 0.3 is 11.9 Å². The van der Waals surface area contributed by atoms with E-state index in [0.29, 0.717) is 28.9 Å². The van der Waals surface area contributed by atoms with E-state index in [1.54, 1.807) is 82.3 Å². The molecule has 2 fully saturated rings. The van der Waals surface area contributed by atoms with Crippen LogP contribution in [-0.4, -0.2) is 158 Å². The Bertz CT molecular complexity index is 2530. The molecule has 22 nitrogen and oxygen atoms in total. The number of carbonyl (C=O) groups excluding carboxylic acids is 8. The molecule has 2 bridgehead atoms. The van der Waals surface area contributed by atoms with Gasteiger partial charge in [0.05, 0.1) is 7.11 Å². The van der Waals surface area contributed by atoms with Crippen molar-refractivity contribution >= 4 is 53.3 Å². The third-order valence-electron chi connectivity index (χ3n) is 13.8. The number of nitrogens with one attached hydrogen (secondary N) is 5. The number of carbonyl (C=O) groups is 9. The number of phenolic OH excluding ortho intramolecular Hbond substituents is 1. The van der Waals surface area contributed by atoms with Crippen molar-refractivity contribution in [1.82, 2.24) is 36.4 Å². The van der Waals surface area contributed by atoms with Crippen LogP contribution in [0.1, 0.15) is 83.4 Å². The number of amides is 7. The molecule has 2 heterocycles. The monoisotopic (exact) mass is 1060 g/mol. The van der Waals surface area contributed by atoms with Crippen molar-refractivity contribution in [3.05, 3.63) is 95.6 Å². The number of hydrogen-bond donors (Lipinski definition) is 9. The standard InChI is InChI=1S/C54H71N7O15/c1-8-30(4)46(66)51(71)55-37(23-25-43(64)65)47(67)59-45-31(5)76-54(74)44(29(2)3)58-49(69)40(27-33-14-18-35(62)19-15-33)60(6)53(73)41(28-34-16-20-36(75-7)21-17-34)61-42(63)24-22-38(52(61)72)56-48(68)39(57-50(45)70)26-32-12-10-9-11-13-32/h9-21,29-31,37-42,44-46,62-63,66H,8,22-28H2,1-7H3,(H,55,71)(H,56,68)(H,57,70)(H,58,69)(H,59,67)(H,64,65)/t30?,31-,37+,38?,39+,40+,41+,42-,44+,45+,46+/m1/s1. The van der Waals surface area contributed by atoms with Crippen molar-refractivity contribution in [1.29, 1.82) is 0 Å². The first-order chi connectivity index (χ1) is 36.0. The van der Waals surface area contributed by atoms with Crippen molar-refractivity contribution < 1.29 is 73.1 Å². The lowest BCUT2D eigenvalue weighted by Crippen LogP contribution is -2.65. The Labute approximate surface area is 441 Å². The van der Waals surface area contributed by atoms with Gasteiger partial charge in [0.15, 0.2) is 0 Å². The van der Waals surface area contributed by atoms with Gasteiger partial charge in [-0.3, -0.25) is 38.4 Å². The lowest BCUT2D eigenvalue weighted by molar-refractivity contribution is -0.165. The zero-order valence-electron chi connectivity index (χ0n) is 43.8. The summed E-state index contributed by atoms with van der Waals surface area (Å²) in [5.41, 5.74) is 1.54.